The molecule has 1 N–H and O–H groups in total. The van der Waals surface area contributed by atoms with Crippen LogP contribution in [0.5, 0.6) is 0 Å². The molecule has 0 aliphatic heterocycles. The molecule has 24 heavy (non-hydrogen) atoms. The largest absolute Gasteiger partial charge is 0.349 e. The van der Waals surface area contributed by atoms with Gasteiger partial charge in [-0.2, -0.15) is 4.52 Å². The van der Waals surface area contributed by atoms with Crippen LogP contribution in [0.2, 0.25) is 0 Å². The highest BCUT2D eigenvalue weighted by molar-refractivity contribution is 9.10. The van der Waals surface area contributed by atoms with Crippen LogP contribution in [0.3, 0.4) is 0 Å². The van der Waals surface area contributed by atoms with Crippen molar-refractivity contribution in [3.8, 4) is 11.4 Å². The second kappa shape index (κ2) is 5.26. The van der Waals surface area contributed by atoms with E-state index in [2.05, 4.69) is 26.0 Å². The third-order valence-electron chi connectivity index (χ3n) is 4.52. The number of rotatable bonds is 1. The van der Waals surface area contributed by atoms with E-state index in [1.54, 1.807) is 11.3 Å². The van der Waals surface area contributed by atoms with Crippen LogP contribution in [-0.2, 0) is 12.8 Å². The summed E-state index contributed by atoms with van der Waals surface area (Å²) in [5.74, 6) is 0.580. The summed E-state index contributed by atoms with van der Waals surface area (Å²) < 4.78 is 2.41. The minimum Gasteiger partial charge on any atom is -0.297 e. The van der Waals surface area contributed by atoms with Gasteiger partial charge in [0.15, 0.2) is 11.5 Å². The number of H-pyrrole nitrogens is 1. The number of aryl methyl sites for hydroxylation is 2. The predicted octanol–water partition coefficient (Wildman–Crippen LogP) is 3.94. The molecular formula is C17H13BrN4OS. The fourth-order valence-electron chi connectivity index (χ4n) is 3.38. The molecule has 0 spiro atoms. The first-order valence-electron chi connectivity index (χ1n) is 7.90. The maximum atomic E-state index is 12.4. The van der Waals surface area contributed by atoms with E-state index in [0.717, 1.165) is 33.1 Å². The summed E-state index contributed by atoms with van der Waals surface area (Å²) >= 11 is 5.13. The lowest BCUT2D eigenvalue weighted by molar-refractivity contribution is 0.700. The van der Waals surface area contributed by atoms with E-state index in [4.69, 9.17) is 4.98 Å². The van der Waals surface area contributed by atoms with Crippen LogP contribution in [0.1, 0.15) is 23.3 Å². The van der Waals surface area contributed by atoms with Crippen molar-refractivity contribution in [3.63, 3.8) is 0 Å². The Balaban J connectivity index is 1.83. The lowest BCUT2D eigenvalue weighted by Gasteiger charge is -2.09. The van der Waals surface area contributed by atoms with Gasteiger partial charge in [0.05, 0.1) is 5.39 Å². The molecule has 0 saturated carbocycles. The first kappa shape index (κ1) is 14.4. The van der Waals surface area contributed by atoms with Gasteiger partial charge in [-0.05, 0) is 43.4 Å². The van der Waals surface area contributed by atoms with Crippen molar-refractivity contribution in [2.75, 3.05) is 0 Å². The number of aromatic amines is 1. The van der Waals surface area contributed by atoms with E-state index in [1.807, 2.05) is 24.3 Å². The maximum absolute atomic E-state index is 12.4. The number of fused-ring (bicyclic) bond motifs is 5. The lowest BCUT2D eigenvalue weighted by Crippen LogP contribution is -2.17. The fraction of sp³-hybridized carbons (Fsp3) is 0.235. The number of benzene rings is 1. The summed E-state index contributed by atoms with van der Waals surface area (Å²) in [6.45, 7) is 0. The van der Waals surface area contributed by atoms with E-state index < -0.39 is 0 Å². The molecule has 1 aromatic carbocycles. The van der Waals surface area contributed by atoms with Crippen LogP contribution in [0.15, 0.2) is 33.5 Å². The van der Waals surface area contributed by atoms with Crippen molar-refractivity contribution in [3.05, 3.63) is 49.7 Å². The Labute approximate surface area is 149 Å². The zero-order valence-electron chi connectivity index (χ0n) is 12.7. The average molecular weight is 401 g/mol. The van der Waals surface area contributed by atoms with E-state index in [-0.39, 0.29) is 5.69 Å². The van der Waals surface area contributed by atoms with Gasteiger partial charge in [-0.1, -0.05) is 28.1 Å². The molecular weight excluding hydrogens is 388 g/mol. The summed E-state index contributed by atoms with van der Waals surface area (Å²) in [4.78, 5) is 22.4. The van der Waals surface area contributed by atoms with Crippen LogP contribution in [0.25, 0.3) is 27.3 Å². The number of thiophene rings is 1. The molecule has 0 fully saturated rings. The molecule has 0 saturated heterocycles. The summed E-state index contributed by atoms with van der Waals surface area (Å²) in [6, 6.07) is 7.81. The van der Waals surface area contributed by atoms with E-state index in [1.165, 1.54) is 27.8 Å². The molecule has 7 heteroatoms. The maximum Gasteiger partial charge on any atom is 0.349 e. The molecule has 1 aliphatic rings. The van der Waals surface area contributed by atoms with Crippen LogP contribution in [0.4, 0.5) is 0 Å². The van der Waals surface area contributed by atoms with Crippen molar-refractivity contribution in [2.45, 2.75) is 25.7 Å². The molecule has 0 bridgehead atoms. The van der Waals surface area contributed by atoms with Gasteiger partial charge in [0.1, 0.15) is 4.83 Å². The molecule has 3 heterocycles. The van der Waals surface area contributed by atoms with Crippen LogP contribution in [0, 0.1) is 0 Å². The van der Waals surface area contributed by atoms with Crippen LogP contribution in [-0.4, -0.2) is 19.6 Å². The third-order valence-corrected chi connectivity index (χ3v) is 6.25. The number of aromatic nitrogens is 4. The highest BCUT2D eigenvalue weighted by atomic mass is 79.9. The van der Waals surface area contributed by atoms with E-state index >= 15 is 0 Å². The summed E-state index contributed by atoms with van der Waals surface area (Å²) in [5, 5.41) is 5.52. The molecule has 0 amide bonds. The van der Waals surface area contributed by atoms with Crippen molar-refractivity contribution < 1.29 is 0 Å². The highest BCUT2D eigenvalue weighted by Crippen LogP contribution is 2.36. The topological polar surface area (TPSA) is 63.0 Å². The zero-order chi connectivity index (χ0) is 16.3. The smallest absolute Gasteiger partial charge is 0.297 e. The van der Waals surface area contributed by atoms with Gasteiger partial charge in [0, 0.05) is 14.9 Å². The van der Waals surface area contributed by atoms with Crippen molar-refractivity contribution >= 4 is 43.1 Å². The molecule has 5 rings (SSSR count). The Hall–Kier alpha value is -1.99. The summed E-state index contributed by atoms with van der Waals surface area (Å²) in [5.41, 5.74) is 2.69. The zero-order valence-corrected chi connectivity index (χ0v) is 15.1. The SMILES string of the molecule is O=c1[nH]c2sc3c(c2c2nc(-c4ccc(Br)cc4)nn12)CCCC3. The Kier molecular flexibility index (Phi) is 3.14. The predicted molar refractivity (Wildman–Crippen MR) is 98.8 cm³/mol. The van der Waals surface area contributed by atoms with Gasteiger partial charge >= 0.3 is 5.69 Å². The first-order chi connectivity index (χ1) is 11.7. The minimum atomic E-state index is -0.230. The molecule has 1 aliphatic carbocycles. The standard InChI is InChI=1S/C17H13BrN4OS/c18-10-7-5-9(6-8-10)14-19-15-13-11-3-1-2-4-12(11)24-16(13)20-17(23)22(15)21-14/h5-8H,1-4H2,(H,20,23). The number of hydrogen-bond acceptors (Lipinski definition) is 4. The molecule has 0 atom stereocenters. The number of halogens is 1. The van der Waals surface area contributed by atoms with E-state index in [9.17, 15) is 4.79 Å². The molecule has 5 nitrogen and oxygen atoms in total. The molecule has 120 valence electrons. The summed E-state index contributed by atoms with van der Waals surface area (Å²) in [7, 11) is 0. The Bertz CT molecular complexity index is 1140. The first-order valence-corrected chi connectivity index (χ1v) is 9.51. The summed E-state index contributed by atoms with van der Waals surface area (Å²) in [6.07, 6.45) is 4.56. The Morgan fingerprint density at radius 2 is 1.96 bits per heavy atom. The monoisotopic (exact) mass is 400 g/mol. The molecule has 0 radical (unpaired) electrons. The van der Waals surface area contributed by atoms with Crippen LogP contribution >= 0.6 is 27.3 Å². The highest BCUT2D eigenvalue weighted by Gasteiger charge is 2.21. The van der Waals surface area contributed by atoms with Crippen molar-refractivity contribution in [1.29, 1.82) is 0 Å². The van der Waals surface area contributed by atoms with Gasteiger partial charge in [-0.25, -0.2) is 9.78 Å². The Morgan fingerprint density at radius 1 is 1.17 bits per heavy atom. The second-order valence-corrected chi connectivity index (χ2v) is 8.04. The van der Waals surface area contributed by atoms with Crippen molar-refractivity contribution in [1.82, 2.24) is 19.6 Å². The molecule has 4 aromatic rings. The third kappa shape index (κ3) is 2.08. The van der Waals surface area contributed by atoms with Gasteiger partial charge in [0.25, 0.3) is 0 Å². The van der Waals surface area contributed by atoms with Gasteiger partial charge in [-0.3, -0.25) is 4.98 Å². The molecule has 0 unspecified atom stereocenters. The van der Waals surface area contributed by atoms with Crippen molar-refractivity contribution in [2.24, 2.45) is 0 Å². The van der Waals surface area contributed by atoms with Gasteiger partial charge < -0.3 is 0 Å². The quantitative estimate of drug-likeness (QED) is 0.526. The van der Waals surface area contributed by atoms with Gasteiger partial charge in [-0.15, -0.1) is 16.4 Å². The van der Waals surface area contributed by atoms with Crippen LogP contribution < -0.4 is 5.69 Å². The number of nitrogens with zero attached hydrogens (tertiary/aromatic N) is 3. The Morgan fingerprint density at radius 3 is 2.79 bits per heavy atom. The number of nitrogens with one attached hydrogen (secondary N) is 1. The second-order valence-electron chi connectivity index (χ2n) is 6.02. The fourth-order valence-corrected chi connectivity index (χ4v) is 4.92. The average Bonchev–Trinajstić information content (AvgIpc) is 3.16. The normalized spacial score (nSPS) is 14.4. The van der Waals surface area contributed by atoms with E-state index in [0.29, 0.717) is 11.5 Å². The van der Waals surface area contributed by atoms with Gasteiger partial charge in [0.2, 0.25) is 0 Å². The lowest BCUT2D eigenvalue weighted by atomic mass is 9.97. The minimum absolute atomic E-state index is 0.230. The number of hydrogen-bond donors (Lipinski definition) is 1. The molecule has 3 aromatic heterocycles.